The zero-order chi connectivity index (χ0) is 21.1. The summed E-state index contributed by atoms with van der Waals surface area (Å²) in [7, 11) is -2.09. The summed E-state index contributed by atoms with van der Waals surface area (Å²) in [6.07, 6.45) is 5.75. The Morgan fingerprint density at radius 2 is 1.59 bits per heavy atom. The van der Waals surface area contributed by atoms with E-state index >= 15 is 0 Å². The van der Waals surface area contributed by atoms with Crippen molar-refractivity contribution in [1.82, 2.24) is 10.0 Å². The van der Waals surface area contributed by atoms with Crippen molar-refractivity contribution in [3.05, 3.63) is 59.7 Å². The molecule has 1 amide bonds. The average Bonchev–Trinajstić information content (AvgIpc) is 2.75. The molecule has 0 aliphatic carbocycles. The van der Waals surface area contributed by atoms with E-state index < -0.39 is 10.0 Å². The molecule has 0 radical (unpaired) electrons. The lowest BCUT2D eigenvalue weighted by Crippen LogP contribution is -2.25. The number of hydrogen-bond donors (Lipinski definition) is 2. The minimum absolute atomic E-state index is 0.106. The summed E-state index contributed by atoms with van der Waals surface area (Å²) in [5, 5.41) is 2.92. The highest BCUT2D eigenvalue weighted by Gasteiger charge is 2.14. The Labute approximate surface area is 173 Å². The summed E-state index contributed by atoms with van der Waals surface area (Å²) < 4.78 is 32.4. The topological polar surface area (TPSA) is 84.5 Å². The first-order chi connectivity index (χ1) is 14.0. The van der Waals surface area contributed by atoms with Crippen molar-refractivity contribution in [2.75, 3.05) is 13.7 Å². The molecule has 6 nitrogen and oxygen atoms in total. The summed E-state index contributed by atoms with van der Waals surface area (Å²) in [5.74, 6) is 0.490. The van der Waals surface area contributed by atoms with Gasteiger partial charge in [-0.15, -0.1) is 0 Å². The number of unbranched alkanes of at least 4 members (excludes halogenated alkanes) is 4. The van der Waals surface area contributed by atoms with Crippen LogP contribution in [0, 0.1) is 0 Å². The molecule has 0 aliphatic heterocycles. The number of nitrogens with one attached hydrogen (secondary N) is 2. The van der Waals surface area contributed by atoms with Gasteiger partial charge in [0.2, 0.25) is 10.0 Å². The molecule has 0 saturated heterocycles. The summed E-state index contributed by atoms with van der Waals surface area (Å²) in [6.45, 7) is 3.00. The molecule has 0 saturated carbocycles. The van der Waals surface area contributed by atoms with Gasteiger partial charge in [-0.25, -0.2) is 13.1 Å². The highest BCUT2D eigenvalue weighted by atomic mass is 32.2. The molecule has 2 aromatic rings. The number of hydrogen-bond acceptors (Lipinski definition) is 4. The van der Waals surface area contributed by atoms with E-state index in [2.05, 4.69) is 17.0 Å². The molecule has 0 aromatic heterocycles. The van der Waals surface area contributed by atoms with Crippen LogP contribution in [0.2, 0.25) is 0 Å². The predicted molar refractivity (Wildman–Crippen MR) is 115 cm³/mol. The van der Waals surface area contributed by atoms with Crippen molar-refractivity contribution in [3.63, 3.8) is 0 Å². The molecule has 0 atom stereocenters. The lowest BCUT2D eigenvalue weighted by atomic mass is 10.1. The summed E-state index contributed by atoms with van der Waals surface area (Å²) in [6, 6.07) is 13.1. The van der Waals surface area contributed by atoms with Gasteiger partial charge in [-0.1, -0.05) is 44.7 Å². The predicted octanol–water partition coefficient (Wildman–Crippen LogP) is 3.87. The number of rotatable bonds is 12. The highest BCUT2D eigenvalue weighted by Crippen LogP contribution is 2.16. The maximum absolute atomic E-state index is 12.4. The summed E-state index contributed by atoms with van der Waals surface area (Å²) >= 11 is 0. The van der Waals surface area contributed by atoms with Crippen LogP contribution in [0.4, 0.5) is 0 Å². The van der Waals surface area contributed by atoms with E-state index in [1.807, 2.05) is 0 Å². The number of ether oxygens (including phenoxy) is 1. The van der Waals surface area contributed by atoms with Gasteiger partial charge in [0.1, 0.15) is 5.75 Å². The van der Waals surface area contributed by atoms with Crippen LogP contribution in [0.5, 0.6) is 5.75 Å². The normalized spacial score (nSPS) is 11.2. The first kappa shape index (κ1) is 22.9. The Hall–Kier alpha value is -2.38. The fourth-order valence-electron chi connectivity index (χ4n) is 2.82. The summed E-state index contributed by atoms with van der Waals surface area (Å²) in [5.41, 5.74) is 1.35. The second kappa shape index (κ2) is 11.6. The van der Waals surface area contributed by atoms with Crippen molar-refractivity contribution in [3.8, 4) is 5.75 Å². The van der Waals surface area contributed by atoms with Crippen LogP contribution in [0.3, 0.4) is 0 Å². The van der Waals surface area contributed by atoms with Crippen molar-refractivity contribution >= 4 is 15.9 Å². The van der Waals surface area contributed by atoms with Gasteiger partial charge in [0, 0.05) is 18.7 Å². The van der Waals surface area contributed by atoms with Crippen LogP contribution in [0.1, 0.15) is 54.9 Å². The SMILES string of the molecule is CCCCCCCNC(=O)c1ccc(CNS(=O)(=O)c2ccc(OC)cc2)cc1. The van der Waals surface area contributed by atoms with E-state index in [0.717, 1.165) is 18.4 Å². The third-order valence-corrected chi connectivity index (χ3v) is 6.04. The van der Waals surface area contributed by atoms with Crippen molar-refractivity contribution < 1.29 is 17.9 Å². The van der Waals surface area contributed by atoms with Gasteiger partial charge in [-0.3, -0.25) is 4.79 Å². The fourth-order valence-corrected chi connectivity index (χ4v) is 3.84. The van der Waals surface area contributed by atoms with Gasteiger partial charge in [-0.2, -0.15) is 0 Å². The van der Waals surface area contributed by atoms with E-state index in [4.69, 9.17) is 4.74 Å². The second-order valence-corrected chi connectivity index (χ2v) is 8.63. The molecular formula is C22H30N2O4S. The average molecular weight is 419 g/mol. The molecule has 2 rings (SSSR count). The van der Waals surface area contributed by atoms with Crippen LogP contribution in [-0.2, 0) is 16.6 Å². The molecule has 7 heteroatoms. The number of carbonyl (C=O) groups excluding carboxylic acids is 1. The Morgan fingerprint density at radius 1 is 0.931 bits per heavy atom. The maximum Gasteiger partial charge on any atom is 0.251 e. The minimum Gasteiger partial charge on any atom is -0.497 e. The first-order valence-electron chi connectivity index (χ1n) is 9.97. The Morgan fingerprint density at radius 3 is 2.21 bits per heavy atom. The van der Waals surface area contributed by atoms with Gasteiger partial charge in [-0.05, 0) is 48.4 Å². The molecule has 0 unspecified atom stereocenters. The number of benzene rings is 2. The molecule has 0 heterocycles. The van der Waals surface area contributed by atoms with E-state index in [1.54, 1.807) is 36.4 Å². The van der Waals surface area contributed by atoms with Crippen molar-refractivity contribution in [2.24, 2.45) is 0 Å². The molecule has 0 spiro atoms. The molecule has 29 heavy (non-hydrogen) atoms. The monoisotopic (exact) mass is 418 g/mol. The van der Waals surface area contributed by atoms with Gasteiger partial charge in [0.15, 0.2) is 0 Å². The molecule has 0 fully saturated rings. The maximum atomic E-state index is 12.4. The smallest absolute Gasteiger partial charge is 0.251 e. The van der Waals surface area contributed by atoms with Crippen molar-refractivity contribution in [2.45, 2.75) is 50.5 Å². The van der Waals surface area contributed by atoms with Crippen LogP contribution in [0.25, 0.3) is 0 Å². The van der Waals surface area contributed by atoms with Crippen LogP contribution in [0.15, 0.2) is 53.4 Å². The van der Waals surface area contributed by atoms with E-state index in [9.17, 15) is 13.2 Å². The molecule has 2 aromatic carbocycles. The molecule has 0 aliphatic rings. The van der Waals surface area contributed by atoms with E-state index in [0.29, 0.717) is 17.9 Å². The van der Waals surface area contributed by atoms with Crippen LogP contribution >= 0.6 is 0 Å². The number of methoxy groups -OCH3 is 1. The molecule has 158 valence electrons. The Balaban J connectivity index is 1.82. The fraction of sp³-hybridized carbons (Fsp3) is 0.409. The number of amides is 1. The quantitative estimate of drug-likeness (QED) is 0.513. The molecular weight excluding hydrogens is 388 g/mol. The molecule has 2 N–H and O–H groups in total. The lowest BCUT2D eigenvalue weighted by molar-refractivity contribution is 0.0953. The summed E-state index contributed by atoms with van der Waals surface area (Å²) in [4.78, 5) is 12.3. The van der Waals surface area contributed by atoms with Gasteiger partial charge >= 0.3 is 0 Å². The highest BCUT2D eigenvalue weighted by molar-refractivity contribution is 7.89. The number of carbonyl (C=O) groups is 1. The van der Waals surface area contributed by atoms with Gasteiger partial charge in [0.25, 0.3) is 5.91 Å². The molecule has 0 bridgehead atoms. The standard InChI is InChI=1S/C22H30N2O4S/c1-3-4-5-6-7-16-23-22(25)19-10-8-18(9-11-19)17-24-29(26,27)21-14-12-20(28-2)13-15-21/h8-15,24H,3-7,16-17H2,1-2H3,(H,23,25). The Bertz CT molecular complexity index is 863. The van der Waals surface area contributed by atoms with E-state index in [1.165, 1.54) is 38.5 Å². The third kappa shape index (κ3) is 7.51. The second-order valence-electron chi connectivity index (χ2n) is 6.87. The number of sulfonamides is 1. The zero-order valence-electron chi connectivity index (χ0n) is 17.1. The van der Waals surface area contributed by atoms with Crippen molar-refractivity contribution in [1.29, 1.82) is 0 Å². The Kier molecular flexibility index (Phi) is 9.15. The third-order valence-electron chi connectivity index (χ3n) is 4.62. The largest absolute Gasteiger partial charge is 0.497 e. The minimum atomic E-state index is -3.62. The van der Waals surface area contributed by atoms with Crippen LogP contribution in [-0.4, -0.2) is 28.0 Å². The van der Waals surface area contributed by atoms with Gasteiger partial charge < -0.3 is 10.1 Å². The van der Waals surface area contributed by atoms with E-state index in [-0.39, 0.29) is 17.3 Å². The van der Waals surface area contributed by atoms with Gasteiger partial charge in [0.05, 0.1) is 12.0 Å². The lowest BCUT2D eigenvalue weighted by Gasteiger charge is -2.09. The van der Waals surface area contributed by atoms with Crippen LogP contribution < -0.4 is 14.8 Å². The first-order valence-corrected chi connectivity index (χ1v) is 11.5. The zero-order valence-corrected chi connectivity index (χ0v) is 17.9.